The standard InChI is InChI=1S/C11H18N2O.ClH/c1-14-11-7-3-2-5-9(11)10(13)6-4-8-12;/h2-3,5,7,10H,4,6,8,12-13H2,1H3;1H/t10-;/m0./s1. The largest absolute Gasteiger partial charge is 0.496 e. The first-order valence-electron chi connectivity index (χ1n) is 4.88. The van der Waals surface area contributed by atoms with Crippen molar-refractivity contribution in [1.29, 1.82) is 0 Å². The van der Waals surface area contributed by atoms with E-state index in [1.54, 1.807) is 7.11 Å². The summed E-state index contributed by atoms with van der Waals surface area (Å²) in [6, 6.07) is 7.87. The number of hydrogen-bond donors (Lipinski definition) is 2. The van der Waals surface area contributed by atoms with Gasteiger partial charge in [0, 0.05) is 11.6 Å². The van der Waals surface area contributed by atoms with E-state index in [0.29, 0.717) is 6.54 Å². The fourth-order valence-corrected chi connectivity index (χ4v) is 1.47. The molecule has 0 fully saturated rings. The van der Waals surface area contributed by atoms with Crippen molar-refractivity contribution in [2.75, 3.05) is 13.7 Å². The van der Waals surface area contributed by atoms with E-state index in [1.807, 2.05) is 24.3 Å². The number of rotatable bonds is 5. The lowest BCUT2D eigenvalue weighted by Crippen LogP contribution is -2.13. The molecule has 0 radical (unpaired) electrons. The minimum atomic E-state index is 0. The number of hydrogen-bond acceptors (Lipinski definition) is 3. The van der Waals surface area contributed by atoms with Crippen molar-refractivity contribution in [3.63, 3.8) is 0 Å². The van der Waals surface area contributed by atoms with Crippen molar-refractivity contribution in [2.24, 2.45) is 11.5 Å². The molecule has 15 heavy (non-hydrogen) atoms. The monoisotopic (exact) mass is 230 g/mol. The van der Waals surface area contributed by atoms with E-state index >= 15 is 0 Å². The van der Waals surface area contributed by atoms with Gasteiger partial charge >= 0.3 is 0 Å². The Kier molecular flexibility index (Phi) is 7.13. The van der Waals surface area contributed by atoms with Gasteiger partial charge in [-0.05, 0) is 25.5 Å². The second-order valence-corrected chi connectivity index (χ2v) is 3.28. The van der Waals surface area contributed by atoms with Crippen molar-refractivity contribution in [2.45, 2.75) is 18.9 Å². The molecule has 0 spiro atoms. The lowest BCUT2D eigenvalue weighted by atomic mass is 10.0. The molecular formula is C11H19ClN2O. The summed E-state index contributed by atoms with van der Waals surface area (Å²) in [6.07, 6.45) is 1.84. The van der Waals surface area contributed by atoms with Crippen molar-refractivity contribution < 1.29 is 4.74 Å². The van der Waals surface area contributed by atoms with Crippen LogP contribution in [0, 0.1) is 0 Å². The van der Waals surface area contributed by atoms with E-state index in [1.165, 1.54) is 0 Å². The number of benzene rings is 1. The Bertz CT molecular complexity index is 281. The number of methoxy groups -OCH3 is 1. The first-order chi connectivity index (χ1) is 6.79. The van der Waals surface area contributed by atoms with E-state index in [4.69, 9.17) is 16.2 Å². The molecular weight excluding hydrogens is 212 g/mol. The van der Waals surface area contributed by atoms with Crippen LogP contribution in [-0.2, 0) is 0 Å². The number of halogens is 1. The second-order valence-electron chi connectivity index (χ2n) is 3.28. The molecule has 1 rings (SSSR count). The average Bonchev–Trinajstić information content (AvgIpc) is 2.25. The van der Waals surface area contributed by atoms with Gasteiger partial charge in [-0.15, -0.1) is 12.4 Å². The van der Waals surface area contributed by atoms with E-state index in [9.17, 15) is 0 Å². The van der Waals surface area contributed by atoms with Crippen LogP contribution in [0.4, 0.5) is 0 Å². The molecule has 0 heterocycles. The van der Waals surface area contributed by atoms with Crippen LogP contribution in [0.5, 0.6) is 5.75 Å². The minimum Gasteiger partial charge on any atom is -0.496 e. The number of para-hydroxylation sites is 1. The highest BCUT2D eigenvalue weighted by Gasteiger charge is 2.09. The maximum absolute atomic E-state index is 6.02. The van der Waals surface area contributed by atoms with E-state index in [2.05, 4.69) is 0 Å². The molecule has 0 saturated carbocycles. The van der Waals surface area contributed by atoms with Crippen molar-refractivity contribution in [3.8, 4) is 5.75 Å². The van der Waals surface area contributed by atoms with Crippen LogP contribution in [0.1, 0.15) is 24.4 Å². The van der Waals surface area contributed by atoms with Gasteiger partial charge in [-0.25, -0.2) is 0 Å². The Morgan fingerprint density at radius 2 is 2.00 bits per heavy atom. The summed E-state index contributed by atoms with van der Waals surface area (Å²) < 4.78 is 5.24. The Balaban J connectivity index is 0.00000196. The van der Waals surface area contributed by atoms with Gasteiger partial charge in [0.2, 0.25) is 0 Å². The molecule has 1 atom stereocenters. The molecule has 4 N–H and O–H groups in total. The van der Waals surface area contributed by atoms with Crippen LogP contribution in [0.2, 0.25) is 0 Å². The van der Waals surface area contributed by atoms with Gasteiger partial charge in [0.1, 0.15) is 5.75 Å². The number of nitrogens with two attached hydrogens (primary N) is 2. The van der Waals surface area contributed by atoms with Crippen molar-refractivity contribution in [1.82, 2.24) is 0 Å². The van der Waals surface area contributed by atoms with Crippen LogP contribution in [0.3, 0.4) is 0 Å². The lowest BCUT2D eigenvalue weighted by molar-refractivity contribution is 0.403. The maximum Gasteiger partial charge on any atom is 0.123 e. The van der Waals surface area contributed by atoms with Crippen LogP contribution in [0.25, 0.3) is 0 Å². The zero-order chi connectivity index (χ0) is 10.4. The molecule has 1 aromatic rings. The van der Waals surface area contributed by atoms with Gasteiger partial charge in [-0.3, -0.25) is 0 Å². The predicted octanol–water partition coefficient (Wildman–Crippen LogP) is 1.86. The Morgan fingerprint density at radius 3 is 2.60 bits per heavy atom. The van der Waals surface area contributed by atoms with Gasteiger partial charge in [0.15, 0.2) is 0 Å². The molecule has 3 nitrogen and oxygen atoms in total. The Morgan fingerprint density at radius 1 is 1.33 bits per heavy atom. The third-order valence-corrected chi connectivity index (χ3v) is 2.26. The molecule has 4 heteroatoms. The summed E-state index contributed by atoms with van der Waals surface area (Å²) >= 11 is 0. The summed E-state index contributed by atoms with van der Waals surface area (Å²) in [5, 5.41) is 0. The smallest absolute Gasteiger partial charge is 0.123 e. The predicted molar refractivity (Wildman–Crippen MR) is 65.5 cm³/mol. The summed E-state index contributed by atoms with van der Waals surface area (Å²) in [4.78, 5) is 0. The van der Waals surface area contributed by atoms with Crippen LogP contribution in [-0.4, -0.2) is 13.7 Å². The molecule has 0 aromatic heterocycles. The summed E-state index contributed by atoms with van der Waals surface area (Å²) in [6.45, 7) is 0.683. The molecule has 0 amide bonds. The molecule has 0 aliphatic carbocycles. The highest BCUT2D eigenvalue weighted by Crippen LogP contribution is 2.25. The van der Waals surface area contributed by atoms with E-state index in [0.717, 1.165) is 24.2 Å². The van der Waals surface area contributed by atoms with Crippen molar-refractivity contribution >= 4 is 12.4 Å². The first-order valence-corrected chi connectivity index (χ1v) is 4.88. The zero-order valence-corrected chi connectivity index (χ0v) is 9.80. The van der Waals surface area contributed by atoms with Gasteiger partial charge < -0.3 is 16.2 Å². The van der Waals surface area contributed by atoms with Crippen LogP contribution < -0.4 is 16.2 Å². The second kappa shape index (κ2) is 7.51. The Labute approximate surface area is 97.2 Å². The third kappa shape index (κ3) is 4.08. The maximum atomic E-state index is 6.02. The van der Waals surface area contributed by atoms with Gasteiger partial charge in [-0.2, -0.15) is 0 Å². The Hall–Kier alpha value is -0.770. The van der Waals surface area contributed by atoms with Gasteiger partial charge in [-0.1, -0.05) is 18.2 Å². The van der Waals surface area contributed by atoms with Crippen LogP contribution >= 0.6 is 12.4 Å². The van der Waals surface area contributed by atoms with Gasteiger partial charge in [0.05, 0.1) is 7.11 Å². The third-order valence-electron chi connectivity index (χ3n) is 2.26. The normalized spacial score (nSPS) is 11.7. The van der Waals surface area contributed by atoms with Gasteiger partial charge in [0.25, 0.3) is 0 Å². The van der Waals surface area contributed by atoms with Crippen LogP contribution in [0.15, 0.2) is 24.3 Å². The quantitative estimate of drug-likeness (QED) is 0.812. The molecule has 0 aliphatic rings. The topological polar surface area (TPSA) is 61.3 Å². The summed E-state index contributed by atoms with van der Waals surface area (Å²) in [5.41, 5.74) is 12.5. The number of ether oxygens (including phenoxy) is 1. The molecule has 86 valence electrons. The molecule has 0 unspecified atom stereocenters. The van der Waals surface area contributed by atoms with Crippen molar-refractivity contribution in [3.05, 3.63) is 29.8 Å². The van der Waals surface area contributed by atoms with E-state index in [-0.39, 0.29) is 18.4 Å². The van der Waals surface area contributed by atoms with E-state index < -0.39 is 0 Å². The fraction of sp³-hybridized carbons (Fsp3) is 0.455. The molecule has 0 aliphatic heterocycles. The molecule has 0 saturated heterocycles. The highest BCUT2D eigenvalue weighted by atomic mass is 35.5. The fourth-order valence-electron chi connectivity index (χ4n) is 1.47. The zero-order valence-electron chi connectivity index (χ0n) is 8.98. The molecule has 1 aromatic carbocycles. The average molecular weight is 231 g/mol. The summed E-state index contributed by atoms with van der Waals surface area (Å²) in [5.74, 6) is 0.858. The minimum absolute atomic E-state index is 0. The summed E-state index contributed by atoms with van der Waals surface area (Å²) in [7, 11) is 1.66. The highest BCUT2D eigenvalue weighted by molar-refractivity contribution is 5.85. The lowest BCUT2D eigenvalue weighted by Gasteiger charge is -2.14. The SMILES string of the molecule is COc1ccccc1[C@@H](N)CCCN.Cl. The first kappa shape index (κ1) is 14.2. The molecule has 0 bridgehead atoms.